The van der Waals surface area contributed by atoms with Gasteiger partial charge in [0.25, 0.3) is 0 Å². The van der Waals surface area contributed by atoms with Gasteiger partial charge < -0.3 is 14.8 Å². The van der Waals surface area contributed by atoms with Gasteiger partial charge in [-0.05, 0) is 17.7 Å². The lowest BCUT2D eigenvalue weighted by Gasteiger charge is -2.16. The monoisotopic (exact) mass is 263 g/mol. The largest absolute Gasteiger partial charge is 0.490 e. The number of hydrogen-bond acceptors (Lipinski definition) is 4. The van der Waals surface area contributed by atoms with Gasteiger partial charge in [0.15, 0.2) is 6.04 Å². The number of amides is 1. The van der Waals surface area contributed by atoms with Crippen molar-refractivity contribution in [3.63, 3.8) is 0 Å². The average molecular weight is 263 g/mol. The van der Waals surface area contributed by atoms with Crippen molar-refractivity contribution in [3.05, 3.63) is 42.5 Å². The van der Waals surface area contributed by atoms with Gasteiger partial charge in [-0.3, -0.25) is 4.79 Å². The molecule has 5 heteroatoms. The molecule has 19 heavy (non-hydrogen) atoms. The summed E-state index contributed by atoms with van der Waals surface area (Å²) in [7, 11) is 1.27. The first-order valence-corrected chi connectivity index (χ1v) is 5.77. The lowest BCUT2D eigenvalue weighted by Crippen LogP contribution is -2.32. The second-order valence-electron chi connectivity index (χ2n) is 3.83. The zero-order chi connectivity index (χ0) is 14.3. The molecule has 5 nitrogen and oxygen atoms in total. The topological polar surface area (TPSA) is 64.6 Å². The number of ether oxygens (including phenoxy) is 2. The molecule has 1 aromatic rings. The molecule has 0 spiro atoms. The first-order valence-electron chi connectivity index (χ1n) is 5.77. The summed E-state index contributed by atoms with van der Waals surface area (Å²) in [6.45, 7) is 5.27. The van der Waals surface area contributed by atoms with E-state index in [-0.39, 0.29) is 5.91 Å². The Bertz CT molecular complexity index is 470. The minimum absolute atomic E-state index is 0.312. The highest BCUT2D eigenvalue weighted by Crippen LogP contribution is 2.20. The molecule has 0 aliphatic carbocycles. The molecular weight excluding hydrogens is 246 g/mol. The molecule has 0 heterocycles. The van der Waals surface area contributed by atoms with Crippen LogP contribution in [0.1, 0.15) is 18.5 Å². The van der Waals surface area contributed by atoms with Crippen LogP contribution in [0.2, 0.25) is 0 Å². The van der Waals surface area contributed by atoms with Gasteiger partial charge in [-0.1, -0.05) is 24.8 Å². The first kappa shape index (κ1) is 14.8. The van der Waals surface area contributed by atoms with E-state index in [0.717, 1.165) is 0 Å². The Morgan fingerprint density at radius 1 is 1.47 bits per heavy atom. The Labute approximate surface area is 112 Å². The van der Waals surface area contributed by atoms with E-state index in [2.05, 4.69) is 16.6 Å². The summed E-state index contributed by atoms with van der Waals surface area (Å²) in [6, 6.07) is 6.06. The Morgan fingerprint density at radius 2 is 2.21 bits per heavy atom. The summed E-state index contributed by atoms with van der Waals surface area (Å²) in [4.78, 5) is 22.8. The highest BCUT2D eigenvalue weighted by Gasteiger charge is 2.22. The molecule has 0 aliphatic rings. The van der Waals surface area contributed by atoms with Crippen molar-refractivity contribution in [3.8, 4) is 5.75 Å². The Morgan fingerprint density at radius 3 is 2.79 bits per heavy atom. The number of hydrogen-bond donors (Lipinski definition) is 1. The fourth-order valence-corrected chi connectivity index (χ4v) is 1.54. The highest BCUT2D eigenvalue weighted by molar-refractivity contribution is 5.84. The van der Waals surface area contributed by atoms with Crippen molar-refractivity contribution in [2.45, 2.75) is 13.0 Å². The van der Waals surface area contributed by atoms with E-state index in [4.69, 9.17) is 4.74 Å². The van der Waals surface area contributed by atoms with Crippen molar-refractivity contribution >= 4 is 11.9 Å². The van der Waals surface area contributed by atoms with Crippen LogP contribution in [-0.2, 0) is 14.3 Å². The SMILES string of the molecule is C=CCOc1cccc(C(NC(C)=O)C(=O)OC)c1. The van der Waals surface area contributed by atoms with E-state index < -0.39 is 12.0 Å². The van der Waals surface area contributed by atoms with E-state index in [1.54, 1.807) is 30.3 Å². The highest BCUT2D eigenvalue weighted by atomic mass is 16.5. The van der Waals surface area contributed by atoms with E-state index in [0.29, 0.717) is 17.9 Å². The molecular formula is C14H17NO4. The summed E-state index contributed by atoms with van der Waals surface area (Å²) in [5.41, 5.74) is 0.601. The fourth-order valence-electron chi connectivity index (χ4n) is 1.54. The van der Waals surface area contributed by atoms with E-state index >= 15 is 0 Å². The smallest absolute Gasteiger partial charge is 0.333 e. The van der Waals surface area contributed by atoms with Crippen molar-refractivity contribution in [1.29, 1.82) is 0 Å². The molecule has 1 rings (SSSR count). The minimum atomic E-state index is -0.838. The number of esters is 1. The number of carbonyl (C=O) groups is 2. The Balaban J connectivity index is 2.97. The maximum atomic E-state index is 11.7. The quantitative estimate of drug-likeness (QED) is 0.625. The molecule has 1 amide bonds. The minimum Gasteiger partial charge on any atom is -0.490 e. The number of rotatable bonds is 6. The normalized spacial score (nSPS) is 11.3. The van der Waals surface area contributed by atoms with Crippen LogP contribution >= 0.6 is 0 Å². The van der Waals surface area contributed by atoms with Gasteiger partial charge in [0.1, 0.15) is 12.4 Å². The summed E-state index contributed by atoms with van der Waals surface area (Å²) in [5.74, 6) is -0.250. The van der Waals surface area contributed by atoms with E-state index in [1.807, 2.05) is 0 Å². The third-order valence-corrected chi connectivity index (χ3v) is 2.34. The Kier molecular flexibility index (Phi) is 5.60. The van der Waals surface area contributed by atoms with E-state index in [9.17, 15) is 9.59 Å². The van der Waals surface area contributed by atoms with Crippen LogP contribution in [0.3, 0.4) is 0 Å². The molecule has 102 valence electrons. The van der Waals surface area contributed by atoms with Crippen LogP contribution in [-0.4, -0.2) is 25.6 Å². The predicted octanol–water partition coefficient (Wildman–Crippen LogP) is 1.60. The molecule has 1 atom stereocenters. The summed E-state index contributed by atoms with van der Waals surface area (Å²) in [6.07, 6.45) is 1.62. The van der Waals surface area contributed by atoms with Crippen molar-refractivity contribution in [1.82, 2.24) is 5.32 Å². The van der Waals surface area contributed by atoms with Gasteiger partial charge >= 0.3 is 5.97 Å². The molecule has 0 bridgehead atoms. The first-order chi connectivity index (χ1) is 9.08. The molecule has 0 radical (unpaired) electrons. The van der Waals surface area contributed by atoms with E-state index in [1.165, 1.54) is 14.0 Å². The number of carbonyl (C=O) groups excluding carboxylic acids is 2. The lowest BCUT2D eigenvalue weighted by molar-refractivity contribution is -0.145. The summed E-state index contributed by atoms with van der Waals surface area (Å²) in [5, 5.41) is 2.54. The van der Waals surface area contributed by atoms with Crippen LogP contribution in [0.5, 0.6) is 5.75 Å². The third kappa shape index (κ3) is 4.46. The van der Waals surface area contributed by atoms with Gasteiger partial charge in [0.05, 0.1) is 7.11 Å². The van der Waals surface area contributed by atoms with Gasteiger partial charge in [-0.15, -0.1) is 0 Å². The van der Waals surface area contributed by atoms with Gasteiger partial charge in [0, 0.05) is 6.92 Å². The van der Waals surface area contributed by atoms with Crippen LogP contribution in [0.4, 0.5) is 0 Å². The Hall–Kier alpha value is -2.30. The maximum absolute atomic E-state index is 11.7. The van der Waals surface area contributed by atoms with Crippen molar-refractivity contribution < 1.29 is 19.1 Å². The van der Waals surface area contributed by atoms with Crippen LogP contribution in [0.15, 0.2) is 36.9 Å². The third-order valence-electron chi connectivity index (χ3n) is 2.34. The second kappa shape index (κ2) is 7.20. The van der Waals surface area contributed by atoms with Crippen molar-refractivity contribution in [2.75, 3.05) is 13.7 Å². The van der Waals surface area contributed by atoms with Crippen molar-refractivity contribution in [2.24, 2.45) is 0 Å². The van der Waals surface area contributed by atoms with Crippen LogP contribution < -0.4 is 10.1 Å². The zero-order valence-corrected chi connectivity index (χ0v) is 11.0. The predicted molar refractivity (Wildman–Crippen MR) is 70.7 cm³/mol. The summed E-state index contributed by atoms with van der Waals surface area (Å²) < 4.78 is 10.1. The molecule has 1 N–H and O–H groups in total. The summed E-state index contributed by atoms with van der Waals surface area (Å²) >= 11 is 0. The molecule has 0 aliphatic heterocycles. The fraction of sp³-hybridized carbons (Fsp3) is 0.286. The molecule has 0 saturated heterocycles. The molecule has 0 fully saturated rings. The number of methoxy groups -OCH3 is 1. The standard InChI is InChI=1S/C14H17NO4/c1-4-8-19-12-7-5-6-11(9-12)13(14(17)18-3)15-10(2)16/h4-7,9,13H,1,8H2,2-3H3,(H,15,16). The van der Waals surface area contributed by atoms with Crippen LogP contribution in [0, 0.1) is 0 Å². The second-order valence-corrected chi connectivity index (χ2v) is 3.83. The lowest BCUT2D eigenvalue weighted by atomic mass is 10.1. The van der Waals surface area contributed by atoms with Crippen LogP contribution in [0.25, 0.3) is 0 Å². The molecule has 0 aromatic heterocycles. The zero-order valence-electron chi connectivity index (χ0n) is 11.0. The van der Waals surface area contributed by atoms with Gasteiger partial charge in [0.2, 0.25) is 5.91 Å². The molecule has 0 saturated carbocycles. The van der Waals surface area contributed by atoms with Gasteiger partial charge in [-0.2, -0.15) is 0 Å². The number of benzene rings is 1. The molecule has 1 aromatic carbocycles. The molecule has 1 unspecified atom stereocenters. The maximum Gasteiger partial charge on any atom is 0.333 e. The average Bonchev–Trinajstić information content (AvgIpc) is 2.41. The van der Waals surface area contributed by atoms with Gasteiger partial charge in [-0.25, -0.2) is 4.79 Å². The number of nitrogens with one attached hydrogen (secondary N) is 1.